The summed E-state index contributed by atoms with van der Waals surface area (Å²) in [5.41, 5.74) is 0.465. The summed E-state index contributed by atoms with van der Waals surface area (Å²) in [4.78, 5) is 2.01. The van der Waals surface area contributed by atoms with Crippen molar-refractivity contribution in [3.8, 4) is 0 Å². The van der Waals surface area contributed by atoms with Crippen LogP contribution >= 0.6 is 0 Å². The lowest BCUT2D eigenvalue weighted by Crippen LogP contribution is -2.48. The maximum Gasteiger partial charge on any atom is 0.243 e. The molecule has 0 unspecified atom stereocenters. The Labute approximate surface area is 195 Å². The van der Waals surface area contributed by atoms with E-state index in [9.17, 15) is 21.2 Å². The van der Waals surface area contributed by atoms with Gasteiger partial charge in [0.05, 0.1) is 15.5 Å². The van der Waals surface area contributed by atoms with Crippen molar-refractivity contribution < 1.29 is 21.2 Å². The minimum atomic E-state index is -3.78. The van der Waals surface area contributed by atoms with Crippen molar-refractivity contribution in [2.24, 2.45) is 0 Å². The molecule has 4 rings (SSSR count). The van der Waals surface area contributed by atoms with E-state index in [1.807, 2.05) is 11.8 Å². The average Bonchev–Trinajstić information content (AvgIpc) is 2.84. The molecule has 2 aliphatic rings. The number of hydrogen-bond donors (Lipinski definition) is 0. The highest BCUT2D eigenvalue weighted by molar-refractivity contribution is 7.89. The lowest BCUT2D eigenvalue weighted by molar-refractivity contribution is 0.246. The second-order valence-corrected chi connectivity index (χ2v) is 12.3. The Morgan fingerprint density at radius 2 is 1.42 bits per heavy atom. The Bertz CT molecular complexity index is 1180. The molecule has 2 aromatic rings. The number of halogens is 1. The third kappa shape index (κ3) is 4.80. The maximum absolute atomic E-state index is 14.1. The Morgan fingerprint density at radius 1 is 0.818 bits per heavy atom. The summed E-state index contributed by atoms with van der Waals surface area (Å²) in [6.07, 6.45) is 3.46. The average molecular weight is 496 g/mol. The molecule has 180 valence electrons. The van der Waals surface area contributed by atoms with Gasteiger partial charge in [-0.25, -0.2) is 21.2 Å². The van der Waals surface area contributed by atoms with Gasteiger partial charge < -0.3 is 4.90 Å². The second-order valence-electron chi connectivity index (χ2n) is 8.49. The molecule has 2 heterocycles. The molecule has 2 saturated heterocycles. The number of para-hydroxylation sites is 1. The number of sulfonamides is 2. The van der Waals surface area contributed by atoms with Gasteiger partial charge >= 0.3 is 0 Å². The van der Waals surface area contributed by atoms with E-state index in [1.165, 1.54) is 34.6 Å². The quantitative estimate of drug-likeness (QED) is 0.615. The van der Waals surface area contributed by atoms with Gasteiger partial charge in [0, 0.05) is 38.8 Å². The molecule has 10 heteroatoms. The molecule has 0 amide bonds. The van der Waals surface area contributed by atoms with Gasteiger partial charge in [-0.3, -0.25) is 0 Å². The Hall–Kier alpha value is -2.01. The van der Waals surface area contributed by atoms with Crippen molar-refractivity contribution in [3.63, 3.8) is 0 Å². The summed E-state index contributed by atoms with van der Waals surface area (Å²) in [5.74, 6) is -0.329. The molecule has 0 aromatic heterocycles. The van der Waals surface area contributed by atoms with Crippen molar-refractivity contribution >= 4 is 25.7 Å². The van der Waals surface area contributed by atoms with E-state index < -0.39 is 20.0 Å². The smallest absolute Gasteiger partial charge is 0.243 e. The van der Waals surface area contributed by atoms with Crippen LogP contribution in [0, 0.1) is 5.82 Å². The van der Waals surface area contributed by atoms with Crippen LogP contribution in [0.1, 0.15) is 32.6 Å². The van der Waals surface area contributed by atoms with E-state index in [0.29, 0.717) is 25.3 Å². The van der Waals surface area contributed by atoms with Crippen molar-refractivity contribution in [2.75, 3.05) is 37.6 Å². The minimum Gasteiger partial charge on any atom is -0.367 e. The normalized spacial score (nSPS) is 21.3. The molecule has 0 radical (unpaired) electrons. The maximum atomic E-state index is 14.1. The standard InChI is InChI=1S/C23H30FN3O4S2/c1-2-19-7-5-6-14-27(19)33(30,31)21-12-10-20(11-13-21)32(28,29)26-17-15-25(16-18-26)23-9-4-3-8-22(23)24/h3-4,8-13,19H,2,5-7,14-18H2,1H3/t19-/m1/s1. The first-order valence-corrected chi connectivity index (χ1v) is 14.2. The SMILES string of the molecule is CC[C@@H]1CCCCN1S(=O)(=O)c1ccc(S(=O)(=O)N2CCN(c3ccccc3F)CC2)cc1. The number of hydrogen-bond acceptors (Lipinski definition) is 5. The third-order valence-electron chi connectivity index (χ3n) is 6.54. The molecule has 7 nitrogen and oxygen atoms in total. The van der Waals surface area contributed by atoms with Crippen LogP contribution in [-0.2, 0) is 20.0 Å². The van der Waals surface area contributed by atoms with Crippen molar-refractivity contribution in [3.05, 3.63) is 54.3 Å². The van der Waals surface area contributed by atoms with Gasteiger partial charge in [0.2, 0.25) is 20.0 Å². The van der Waals surface area contributed by atoms with E-state index in [0.717, 1.165) is 25.7 Å². The first-order valence-electron chi connectivity index (χ1n) is 11.4. The highest BCUT2D eigenvalue weighted by Crippen LogP contribution is 2.28. The highest BCUT2D eigenvalue weighted by atomic mass is 32.2. The van der Waals surface area contributed by atoms with Crippen LogP contribution in [0.4, 0.5) is 10.1 Å². The van der Waals surface area contributed by atoms with Gasteiger partial charge in [0.1, 0.15) is 5.82 Å². The van der Waals surface area contributed by atoms with E-state index in [2.05, 4.69) is 0 Å². The summed E-state index contributed by atoms with van der Waals surface area (Å²) in [6, 6.07) is 12.0. The molecule has 33 heavy (non-hydrogen) atoms. The lowest BCUT2D eigenvalue weighted by atomic mass is 10.0. The second kappa shape index (κ2) is 9.69. The Balaban J connectivity index is 1.48. The van der Waals surface area contributed by atoms with Crippen LogP contribution < -0.4 is 4.90 Å². The molecule has 2 fully saturated rings. The number of benzene rings is 2. The van der Waals surface area contributed by atoms with Gasteiger partial charge in [-0.05, 0) is 55.7 Å². The summed E-state index contributed by atoms with van der Waals surface area (Å²) in [5, 5.41) is 0. The molecular weight excluding hydrogens is 465 g/mol. The van der Waals surface area contributed by atoms with E-state index in [1.54, 1.807) is 22.5 Å². The molecule has 2 aliphatic heterocycles. The first kappa shape index (κ1) is 24.1. The molecular formula is C23H30FN3O4S2. The van der Waals surface area contributed by atoms with E-state index >= 15 is 0 Å². The number of anilines is 1. The first-order chi connectivity index (χ1) is 15.7. The van der Waals surface area contributed by atoms with Crippen LogP contribution in [0.25, 0.3) is 0 Å². The van der Waals surface area contributed by atoms with Gasteiger partial charge in [-0.15, -0.1) is 0 Å². The van der Waals surface area contributed by atoms with E-state index in [4.69, 9.17) is 0 Å². The van der Waals surface area contributed by atoms with Gasteiger partial charge in [0.25, 0.3) is 0 Å². The molecule has 2 aromatic carbocycles. The monoisotopic (exact) mass is 495 g/mol. The van der Waals surface area contributed by atoms with Crippen molar-refractivity contribution in [1.29, 1.82) is 0 Å². The molecule has 1 atom stereocenters. The van der Waals surface area contributed by atoms with Crippen LogP contribution in [-0.4, -0.2) is 64.2 Å². The number of nitrogens with zero attached hydrogens (tertiary/aromatic N) is 3. The van der Waals surface area contributed by atoms with Gasteiger partial charge in [0.15, 0.2) is 0 Å². The summed E-state index contributed by atoms with van der Waals surface area (Å²) < 4.78 is 69.5. The van der Waals surface area contributed by atoms with Crippen LogP contribution in [0.5, 0.6) is 0 Å². The van der Waals surface area contributed by atoms with Gasteiger partial charge in [-0.2, -0.15) is 8.61 Å². The number of piperidine rings is 1. The lowest BCUT2D eigenvalue weighted by Gasteiger charge is -2.35. The molecule has 0 spiro atoms. The fourth-order valence-electron chi connectivity index (χ4n) is 4.64. The molecule has 0 aliphatic carbocycles. The van der Waals surface area contributed by atoms with Crippen LogP contribution in [0.15, 0.2) is 58.3 Å². The molecule has 0 bridgehead atoms. The Morgan fingerprint density at radius 3 is 2.03 bits per heavy atom. The summed E-state index contributed by atoms with van der Waals surface area (Å²) in [7, 11) is -7.45. The number of rotatable bonds is 6. The number of piperazine rings is 1. The largest absolute Gasteiger partial charge is 0.367 e. The van der Waals surface area contributed by atoms with Crippen molar-refractivity contribution in [1.82, 2.24) is 8.61 Å². The van der Waals surface area contributed by atoms with Gasteiger partial charge in [-0.1, -0.05) is 25.5 Å². The van der Waals surface area contributed by atoms with Crippen LogP contribution in [0.2, 0.25) is 0 Å². The fourth-order valence-corrected chi connectivity index (χ4v) is 7.83. The zero-order valence-electron chi connectivity index (χ0n) is 18.7. The topological polar surface area (TPSA) is 78.0 Å². The van der Waals surface area contributed by atoms with Crippen LogP contribution in [0.3, 0.4) is 0 Å². The molecule has 0 saturated carbocycles. The van der Waals surface area contributed by atoms with E-state index in [-0.39, 0.29) is 34.7 Å². The zero-order chi connectivity index (χ0) is 23.6. The highest BCUT2D eigenvalue weighted by Gasteiger charge is 2.33. The Kier molecular flexibility index (Phi) is 7.09. The molecule has 0 N–H and O–H groups in total. The fraction of sp³-hybridized carbons (Fsp3) is 0.478. The zero-order valence-corrected chi connectivity index (χ0v) is 20.4. The predicted octanol–water partition coefficient (Wildman–Crippen LogP) is 3.29. The van der Waals surface area contributed by atoms with Crippen molar-refractivity contribution in [2.45, 2.75) is 48.4 Å². The predicted molar refractivity (Wildman–Crippen MR) is 126 cm³/mol. The minimum absolute atomic E-state index is 0.0158. The summed E-state index contributed by atoms with van der Waals surface area (Å²) in [6.45, 7) is 3.68. The third-order valence-corrected chi connectivity index (χ3v) is 10.4. The summed E-state index contributed by atoms with van der Waals surface area (Å²) >= 11 is 0.